The van der Waals surface area contributed by atoms with Crippen LogP contribution in [0, 0.1) is 0 Å². The number of ether oxygens (including phenoxy) is 3. The lowest BCUT2D eigenvalue weighted by Crippen LogP contribution is -2.37. The summed E-state index contributed by atoms with van der Waals surface area (Å²) in [6, 6.07) is 12.9. The maximum absolute atomic E-state index is 12.9. The molecular weight excluding hydrogens is 396 g/mol. The average molecular weight is 427 g/mol. The van der Waals surface area contributed by atoms with Gasteiger partial charge < -0.3 is 24.0 Å². The van der Waals surface area contributed by atoms with Crippen molar-refractivity contribution in [2.24, 2.45) is 0 Å². The van der Waals surface area contributed by atoms with Gasteiger partial charge >= 0.3 is 0 Å². The highest BCUT2D eigenvalue weighted by atomic mass is 16.5. The Labute approximate surface area is 183 Å². The molecule has 0 N–H and O–H groups in total. The van der Waals surface area contributed by atoms with Gasteiger partial charge in [0.2, 0.25) is 5.91 Å². The lowest BCUT2D eigenvalue weighted by Gasteiger charge is -2.22. The van der Waals surface area contributed by atoms with Crippen molar-refractivity contribution in [3.05, 3.63) is 53.6 Å². The van der Waals surface area contributed by atoms with E-state index in [1.165, 1.54) is 0 Å². The Bertz CT molecular complexity index is 915. The molecule has 0 radical (unpaired) electrons. The van der Waals surface area contributed by atoms with E-state index in [0.717, 1.165) is 12.0 Å². The Morgan fingerprint density at radius 2 is 1.58 bits per heavy atom. The summed E-state index contributed by atoms with van der Waals surface area (Å²) >= 11 is 0. The van der Waals surface area contributed by atoms with Crippen molar-refractivity contribution in [1.29, 1.82) is 0 Å². The zero-order valence-electron chi connectivity index (χ0n) is 18.4. The molecular formula is C24H30N2O5. The zero-order valence-corrected chi connectivity index (χ0v) is 18.4. The molecule has 2 aromatic carbocycles. The van der Waals surface area contributed by atoms with E-state index in [9.17, 15) is 9.59 Å². The maximum Gasteiger partial charge on any atom is 0.254 e. The first kappa shape index (κ1) is 22.5. The summed E-state index contributed by atoms with van der Waals surface area (Å²) in [4.78, 5) is 29.3. The number of aryl methyl sites for hydroxylation is 1. The number of methoxy groups -OCH3 is 3. The second kappa shape index (κ2) is 10.7. The minimum Gasteiger partial charge on any atom is -0.497 e. The van der Waals surface area contributed by atoms with Crippen molar-refractivity contribution in [2.45, 2.75) is 19.3 Å². The highest BCUT2D eigenvalue weighted by Crippen LogP contribution is 2.28. The third-order valence-electron chi connectivity index (χ3n) is 5.53. The third-order valence-corrected chi connectivity index (χ3v) is 5.53. The largest absolute Gasteiger partial charge is 0.497 e. The highest BCUT2D eigenvalue weighted by Gasteiger charge is 2.23. The van der Waals surface area contributed by atoms with Gasteiger partial charge in [0.25, 0.3) is 5.91 Å². The molecule has 1 saturated heterocycles. The molecule has 2 aromatic rings. The van der Waals surface area contributed by atoms with E-state index < -0.39 is 0 Å². The number of hydrogen-bond acceptors (Lipinski definition) is 5. The van der Waals surface area contributed by atoms with Crippen LogP contribution in [0.15, 0.2) is 42.5 Å². The molecule has 0 atom stereocenters. The molecule has 0 aliphatic carbocycles. The van der Waals surface area contributed by atoms with Crippen molar-refractivity contribution in [1.82, 2.24) is 9.80 Å². The second-order valence-electron chi connectivity index (χ2n) is 7.45. The Hall–Kier alpha value is -3.22. The number of carbonyl (C=O) groups excluding carboxylic acids is 2. The Kier molecular flexibility index (Phi) is 7.76. The van der Waals surface area contributed by atoms with E-state index in [4.69, 9.17) is 14.2 Å². The molecule has 7 heteroatoms. The highest BCUT2D eigenvalue weighted by molar-refractivity contribution is 5.94. The van der Waals surface area contributed by atoms with E-state index in [-0.39, 0.29) is 11.8 Å². The molecule has 1 fully saturated rings. The third kappa shape index (κ3) is 5.69. The van der Waals surface area contributed by atoms with Crippen LogP contribution in [0.4, 0.5) is 0 Å². The van der Waals surface area contributed by atoms with Gasteiger partial charge in [-0.15, -0.1) is 0 Å². The smallest absolute Gasteiger partial charge is 0.254 e. The molecule has 1 aliphatic heterocycles. The predicted octanol–water partition coefficient (Wildman–Crippen LogP) is 3.02. The SMILES string of the molecule is COc1cccc(C(=O)N2CCCN(C(=O)CCc3ccc(OC)c(OC)c3)CC2)c1. The van der Waals surface area contributed by atoms with Crippen LogP contribution in [0.5, 0.6) is 17.2 Å². The van der Waals surface area contributed by atoms with E-state index in [0.29, 0.717) is 61.8 Å². The van der Waals surface area contributed by atoms with Gasteiger partial charge in [-0.1, -0.05) is 12.1 Å². The fourth-order valence-corrected chi connectivity index (χ4v) is 3.75. The number of hydrogen-bond donors (Lipinski definition) is 0. The lowest BCUT2D eigenvalue weighted by molar-refractivity contribution is -0.131. The standard InChI is InChI=1S/C24H30N2O5/c1-29-20-7-4-6-19(17-20)24(28)26-13-5-12-25(14-15-26)23(27)11-9-18-8-10-21(30-2)22(16-18)31-3/h4,6-8,10,16-17H,5,9,11-15H2,1-3H3. The molecule has 1 heterocycles. The van der Waals surface area contributed by atoms with Crippen molar-refractivity contribution < 1.29 is 23.8 Å². The monoisotopic (exact) mass is 426 g/mol. The van der Waals surface area contributed by atoms with E-state index in [1.54, 1.807) is 33.5 Å². The minimum atomic E-state index is -0.0291. The quantitative estimate of drug-likeness (QED) is 0.681. The van der Waals surface area contributed by atoms with Gasteiger partial charge in [-0.05, 0) is 48.7 Å². The average Bonchev–Trinajstić information content (AvgIpc) is 3.08. The topological polar surface area (TPSA) is 68.3 Å². The van der Waals surface area contributed by atoms with E-state index in [1.807, 2.05) is 40.1 Å². The van der Waals surface area contributed by atoms with Gasteiger partial charge in [-0.2, -0.15) is 0 Å². The Morgan fingerprint density at radius 1 is 0.839 bits per heavy atom. The van der Waals surface area contributed by atoms with Gasteiger partial charge in [-0.25, -0.2) is 0 Å². The summed E-state index contributed by atoms with van der Waals surface area (Å²) in [6.07, 6.45) is 1.80. The van der Waals surface area contributed by atoms with Crippen molar-refractivity contribution in [2.75, 3.05) is 47.5 Å². The normalized spacial score (nSPS) is 14.0. The fourth-order valence-electron chi connectivity index (χ4n) is 3.75. The van der Waals surface area contributed by atoms with Crippen LogP contribution in [0.25, 0.3) is 0 Å². The number of nitrogens with zero attached hydrogens (tertiary/aromatic N) is 2. The summed E-state index contributed by atoms with van der Waals surface area (Å²) in [5, 5.41) is 0. The minimum absolute atomic E-state index is 0.0291. The summed E-state index contributed by atoms with van der Waals surface area (Å²) in [5.41, 5.74) is 1.63. The first-order valence-corrected chi connectivity index (χ1v) is 10.5. The molecule has 3 rings (SSSR count). The number of amides is 2. The van der Waals surface area contributed by atoms with Crippen LogP contribution in [0.2, 0.25) is 0 Å². The van der Waals surface area contributed by atoms with Gasteiger partial charge in [0.15, 0.2) is 11.5 Å². The number of carbonyl (C=O) groups is 2. The van der Waals surface area contributed by atoms with Crippen LogP contribution in [0.3, 0.4) is 0 Å². The van der Waals surface area contributed by atoms with Crippen LogP contribution >= 0.6 is 0 Å². The first-order valence-electron chi connectivity index (χ1n) is 10.5. The van der Waals surface area contributed by atoms with Crippen molar-refractivity contribution in [3.63, 3.8) is 0 Å². The molecule has 166 valence electrons. The summed E-state index contributed by atoms with van der Waals surface area (Å²) in [6.45, 7) is 2.36. The Balaban J connectivity index is 1.55. The van der Waals surface area contributed by atoms with Gasteiger partial charge in [-0.3, -0.25) is 9.59 Å². The molecule has 0 unspecified atom stereocenters. The summed E-state index contributed by atoms with van der Waals surface area (Å²) in [7, 11) is 4.78. The van der Waals surface area contributed by atoms with Gasteiger partial charge in [0.1, 0.15) is 5.75 Å². The molecule has 0 aromatic heterocycles. The van der Waals surface area contributed by atoms with E-state index in [2.05, 4.69) is 0 Å². The van der Waals surface area contributed by atoms with Crippen LogP contribution < -0.4 is 14.2 Å². The van der Waals surface area contributed by atoms with Crippen molar-refractivity contribution >= 4 is 11.8 Å². The molecule has 1 aliphatic rings. The molecule has 0 saturated carbocycles. The maximum atomic E-state index is 12.9. The van der Waals surface area contributed by atoms with Crippen LogP contribution in [-0.2, 0) is 11.2 Å². The second-order valence-corrected chi connectivity index (χ2v) is 7.45. The summed E-state index contributed by atoms with van der Waals surface area (Å²) in [5.74, 6) is 2.07. The van der Waals surface area contributed by atoms with Gasteiger partial charge in [0.05, 0.1) is 21.3 Å². The summed E-state index contributed by atoms with van der Waals surface area (Å²) < 4.78 is 15.8. The van der Waals surface area contributed by atoms with Crippen LogP contribution in [0.1, 0.15) is 28.8 Å². The predicted molar refractivity (Wildman–Crippen MR) is 118 cm³/mol. The van der Waals surface area contributed by atoms with Gasteiger partial charge in [0, 0.05) is 38.2 Å². The van der Waals surface area contributed by atoms with Crippen LogP contribution in [-0.4, -0.2) is 69.1 Å². The van der Waals surface area contributed by atoms with E-state index >= 15 is 0 Å². The van der Waals surface area contributed by atoms with Crippen molar-refractivity contribution in [3.8, 4) is 17.2 Å². The Morgan fingerprint density at radius 3 is 2.32 bits per heavy atom. The zero-order chi connectivity index (χ0) is 22.2. The molecule has 0 spiro atoms. The molecule has 2 amide bonds. The first-order chi connectivity index (χ1) is 15.0. The lowest BCUT2D eigenvalue weighted by atomic mass is 10.1. The number of rotatable bonds is 7. The number of benzene rings is 2. The molecule has 31 heavy (non-hydrogen) atoms. The molecule has 0 bridgehead atoms. The fraction of sp³-hybridized carbons (Fsp3) is 0.417. The molecule has 7 nitrogen and oxygen atoms in total.